The molecule has 2 aromatic carbocycles. The molecule has 7 heteroatoms. The highest BCUT2D eigenvalue weighted by atomic mass is 35.5. The zero-order valence-electron chi connectivity index (χ0n) is 15.8. The minimum absolute atomic E-state index is 0.239. The summed E-state index contributed by atoms with van der Waals surface area (Å²) >= 11 is 6.09. The lowest BCUT2D eigenvalue weighted by molar-refractivity contribution is 0.174. The van der Waals surface area contributed by atoms with Gasteiger partial charge in [-0.05, 0) is 36.9 Å². The molecule has 146 valence electrons. The molecule has 0 radical (unpaired) electrons. The van der Waals surface area contributed by atoms with Gasteiger partial charge in [0.1, 0.15) is 0 Å². The Kier molecular flexibility index (Phi) is 4.58. The number of rotatable bonds is 5. The molecule has 0 aliphatic carbocycles. The molecule has 0 bridgehead atoms. The molecule has 0 saturated heterocycles. The quantitative estimate of drug-likeness (QED) is 0.468. The number of ether oxygens (including phenoxy) is 2. The third kappa shape index (κ3) is 3.64. The van der Waals surface area contributed by atoms with Crippen LogP contribution in [0, 0.1) is 0 Å². The molecule has 0 spiro atoms. The summed E-state index contributed by atoms with van der Waals surface area (Å²) < 4.78 is 16.3. The zero-order chi connectivity index (χ0) is 19.8. The number of pyridine rings is 1. The van der Waals surface area contributed by atoms with E-state index in [1.54, 1.807) is 6.20 Å². The van der Waals surface area contributed by atoms with E-state index in [9.17, 15) is 0 Å². The van der Waals surface area contributed by atoms with Crippen molar-refractivity contribution < 1.29 is 14.0 Å². The van der Waals surface area contributed by atoms with Crippen LogP contribution in [0.3, 0.4) is 0 Å². The summed E-state index contributed by atoms with van der Waals surface area (Å²) in [6, 6.07) is 15.7. The average Bonchev–Trinajstić information content (AvgIpc) is 3.38. The molecule has 1 aliphatic heterocycles. The summed E-state index contributed by atoms with van der Waals surface area (Å²) in [6.07, 6.45) is 1.66. The van der Waals surface area contributed by atoms with Gasteiger partial charge in [0.15, 0.2) is 17.3 Å². The number of fused-ring (bicyclic) bond motifs is 2. The number of halogens is 1. The minimum atomic E-state index is 0.239. The largest absolute Gasteiger partial charge is 0.454 e. The van der Waals surface area contributed by atoms with E-state index in [1.807, 2.05) is 49.5 Å². The van der Waals surface area contributed by atoms with Gasteiger partial charge < -0.3 is 14.0 Å². The highest BCUT2D eigenvalue weighted by molar-refractivity contribution is 6.30. The predicted molar refractivity (Wildman–Crippen MR) is 110 cm³/mol. The van der Waals surface area contributed by atoms with E-state index in [1.165, 1.54) is 0 Å². The van der Waals surface area contributed by atoms with Gasteiger partial charge in [-0.3, -0.25) is 4.90 Å². The number of benzene rings is 2. The van der Waals surface area contributed by atoms with Gasteiger partial charge in [-0.1, -0.05) is 28.9 Å². The molecule has 5 rings (SSSR count). The Bertz CT molecular complexity index is 1160. The van der Waals surface area contributed by atoms with Gasteiger partial charge in [0, 0.05) is 34.6 Å². The molecule has 0 fully saturated rings. The van der Waals surface area contributed by atoms with Crippen molar-refractivity contribution in [2.75, 3.05) is 13.8 Å². The van der Waals surface area contributed by atoms with E-state index >= 15 is 0 Å². The molecule has 3 heterocycles. The van der Waals surface area contributed by atoms with E-state index in [4.69, 9.17) is 30.6 Å². The minimum Gasteiger partial charge on any atom is -0.454 e. The summed E-state index contributed by atoms with van der Waals surface area (Å²) in [5, 5.41) is 5.48. The Morgan fingerprint density at radius 2 is 1.79 bits per heavy atom. The predicted octanol–water partition coefficient (Wildman–Crippen LogP) is 4.90. The van der Waals surface area contributed by atoms with Crippen LogP contribution >= 0.6 is 11.6 Å². The fourth-order valence-electron chi connectivity index (χ4n) is 3.52. The summed E-state index contributed by atoms with van der Waals surface area (Å²) in [6.45, 7) is 1.58. The lowest BCUT2D eigenvalue weighted by Gasteiger charge is -2.18. The van der Waals surface area contributed by atoms with E-state index in [0.29, 0.717) is 18.1 Å². The van der Waals surface area contributed by atoms with Gasteiger partial charge in [-0.15, -0.1) is 0 Å². The average molecular weight is 408 g/mol. The topological polar surface area (TPSA) is 60.6 Å². The van der Waals surface area contributed by atoms with Gasteiger partial charge in [0.2, 0.25) is 6.79 Å². The lowest BCUT2D eigenvalue weighted by atomic mass is 10.0. The van der Waals surface area contributed by atoms with Crippen molar-refractivity contribution in [3.63, 3.8) is 0 Å². The second kappa shape index (κ2) is 7.39. The maximum atomic E-state index is 6.09. The maximum absolute atomic E-state index is 6.09. The molecule has 4 aromatic rings. The van der Waals surface area contributed by atoms with Crippen LogP contribution in [0.25, 0.3) is 22.2 Å². The Balaban J connectivity index is 1.58. The molecule has 6 nitrogen and oxygen atoms in total. The van der Waals surface area contributed by atoms with Crippen LogP contribution in [0.1, 0.15) is 11.3 Å². The van der Waals surface area contributed by atoms with Gasteiger partial charge in [-0.25, -0.2) is 4.98 Å². The fourth-order valence-corrected chi connectivity index (χ4v) is 3.65. The fraction of sp³-hybridized carbons (Fsp3) is 0.182. The summed E-state index contributed by atoms with van der Waals surface area (Å²) in [5.74, 6) is 2.29. The number of nitrogens with zero attached hydrogens (tertiary/aromatic N) is 3. The standard InChI is InChI=1S/C22H18ClN3O3/c1-26(12-18-6-7-24-29-18)11-16-8-15-9-20-21(28-13-27-20)10-19(15)25-22(16)14-2-4-17(23)5-3-14/h2-10H,11-13H2,1H3. The first-order valence-corrected chi connectivity index (χ1v) is 9.61. The molecule has 29 heavy (non-hydrogen) atoms. The van der Waals surface area contributed by atoms with Crippen LogP contribution in [0.5, 0.6) is 11.5 Å². The number of hydrogen-bond donors (Lipinski definition) is 0. The summed E-state index contributed by atoms with van der Waals surface area (Å²) in [4.78, 5) is 7.12. The lowest BCUT2D eigenvalue weighted by Crippen LogP contribution is -2.17. The van der Waals surface area contributed by atoms with Gasteiger partial charge >= 0.3 is 0 Å². The van der Waals surface area contributed by atoms with Crippen molar-refractivity contribution in [3.8, 4) is 22.8 Å². The monoisotopic (exact) mass is 407 g/mol. The molecule has 0 amide bonds. The Morgan fingerprint density at radius 3 is 2.55 bits per heavy atom. The van der Waals surface area contributed by atoms with Crippen LogP contribution in [-0.4, -0.2) is 28.9 Å². The number of aromatic nitrogens is 2. The molecular weight excluding hydrogens is 390 g/mol. The second-order valence-corrected chi connectivity index (χ2v) is 7.49. The summed E-state index contributed by atoms with van der Waals surface area (Å²) in [5.41, 5.74) is 3.89. The Hall–Kier alpha value is -3.09. The zero-order valence-corrected chi connectivity index (χ0v) is 16.5. The smallest absolute Gasteiger partial charge is 0.231 e. The van der Waals surface area contributed by atoms with Gasteiger partial charge in [0.25, 0.3) is 0 Å². The molecule has 0 saturated carbocycles. The van der Waals surface area contributed by atoms with E-state index in [2.05, 4.69) is 16.1 Å². The first-order valence-electron chi connectivity index (χ1n) is 9.23. The van der Waals surface area contributed by atoms with Crippen LogP contribution in [0.4, 0.5) is 0 Å². The van der Waals surface area contributed by atoms with Gasteiger partial charge in [0.05, 0.1) is 24.0 Å². The molecule has 0 unspecified atom stereocenters. The van der Waals surface area contributed by atoms with Crippen LogP contribution in [0.15, 0.2) is 59.3 Å². The normalized spacial score (nSPS) is 12.8. The first kappa shape index (κ1) is 18.0. The highest BCUT2D eigenvalue weighted by Gasteiger charge is 2.18. The molecule has 2 aromatic heterocycles. The van der Waals surface area contributed by atoms with Gasteiger partial charge in [-0.2, -0.15) is 0 Å². The van der Waals surface area contributed by atoms with Crippen molar-refractivity contribution in [1.29, 1.82) is 0 Å². The second-order valence-electron chi connectivity index (χ2n) is 7.05. The van der Waals surface area contributed by atoms with Crippen molar-refractivity contribution in [1.82, 2.24) is 15.0 Å². The van der Waals surface area contributed by atoms with Crippen molar-refractivity contribution >= 4 is 22.5 Å². The third-order valence-electron chi connectivity index (χ3n) is 4.86. The highest BCUT2D eigenvalue weighted by Crippen LogP contribution is 2.37. The van der Waals surface area contributed by atoms with E-state index in [0.717, 1.165) is 45.0 Å². The molecule has 0 atom stereocenters. The van der Waals surface area contributed by atoms with E-state index < -0.39 is 0 Å². The maximum Gasteiger partial charge on any atom is 0.231 e. The Morgan fingerprint density at radius 1 is 1.00 bits per heavy atom. The summed E-state index contributed by atoms with van der Waals surface area (Å²) in [7, 11) is 2.04. The SMILES string of the molecule is CN(Cc1ccno1)Cc1cc2cc3c(cc2nc1-c1ccc(Cl)cc1)OCO3. The molecule has 0 N–H and O–H groups in total. The van der Waals surface area contributed by atoms with Crippen molar-refractivity contribution in [2.24, 2.45) is 0 Å². The van der Waals surface area contributed by atoms with Crippen LogP contribution in [0.2, 0.25) is 5.02 Å². The van der Waals surface area contributed by atoms with Crippen LogP contribution < -0.4 is 9.47 Å². The number of hydrogen-bond acceptors (Lipinski definition) is 6. The van der Waals surface area contributed by atoms with Crippen molar-refractivity contribution in [2.45, 2.75) is 13.1 Å². The van der Waals surface area contributed by atoms with Crippen LogP contribution in [-0.2, 0) is 13.1 Å². The first-order chi connectivity index (χ1) is 14.2. The molecule has 1 aliphatic rings. The molecular formula is C22H18ClN3O3. The van der Waals surface area contributed by atoms with Crippen molar-refractivity contribution in [3.05, 3.63) is 71.1 Å². The van der Waals surface area contributed by atoms with E-state index in [-0.39, 0.29) is 6.79 Å². The Labute approximate surface area is 172 Å². The third-order valence-corrected chi connectivity index (χ3v) is 5.11.